The summed E-state index contributed by atoms with van der Waals surface area (Å²) in [5.74, 6) is 0. The summed E-state index contributed by atoms with van der Waals surface area (Å²) in [6.07, 6.45) is 8.84. The molecule has 0 fully saturated rings. The summed E-state index contributed by atoms with van der Waals surface area (Å²) in [5, 5.41) is 0. The van der Waals surface area contributed by atoms with Crippen molar-refractivity contribution >= 4 is 11.8 Å². The second-order valence-corrected chi connectivity index (χ2v) is 8.56. The maximum absolute atomic E-state index is 4.82. The van der Waals surface area contributed by atoms with E-state index in [2.05, 4.69) is 94.5 Å². The fraction of sp³-hybridized carbons (Fsp3) is 0.231. The molecule has 158 valence electrons. The molecule has 0 aliphatic heterocycles. The van der Waals surface area contributed by atoms with Gasteiger partial charge in [-0.05, 0) is 56.1 Å². The van der Waals surface area contributed by atoms with Gasteiger partial charge in [0.1, 0.15) is 0 Å². The average Bonchev–Trinajstić information content (AvgIpc) is 3.24. The van der Waals surface area contributed by atoms with Crippen molar-refractivity contribution in [1.82, 2.24) is 19.4 Å². The van der Waals surface area contributed by atoms with E-state index in [0.29, 0.717) is 0 Å². The Labute approximate surface area is 189 Å². The summed E-state index contributed by atoms with van der Waals surface area (Å²) in [6, 6.07) is 23.4. The molecule has 0 atom stereocenters. The Kier molecular flexibility index (Phi) is 7.18. The zero-order chi connectivity index (χ0) is 21.5. The summed E-state index contributed by atoms with van der Waals surface area (Å²) >= 11 is 1.75. The maximum Gasteiger partial charge on any atom is 0.0963 e. The molecule has 4 nitrogen and oxygen atoms in total. The number of rotatable bonds is 9. The van der Waals surface area contributed by atoms with Crippen molar-refractivity contribution in [2.24, 2.45) is 0 Å². The standard InChI is InChI=1S/C26H28N4S/c1-29(19-21-8-4-3-5-9-21)16-7-17-30-20-28-25(23-10-6-11-24(18-23)31-2)26(30)22-12-14-27-15-13-22/h3-6,8-15,18,20H,7,16-17,19H2,1-2H3. The molecule has 0 N–H and O–H groups in total. The highest BCUT2D eigenvalue weighted by atomic mass is 32.2. The molecule has 31 heavy (non-hydrogen) atoms. The molecule has 4 aromatic rings. The third-order valence-corrected chi connectivity index (χ3v) is 6.09. The first-order valence-electron chi connectivity index (χ1n) is 10.6. The summed E-state index contributed by atoms with van der Waals surface area (Å²) in [6.45, 7) is 2.92. The number of thioether (sulfide) groups is 1. The van der Waals surface area contributed by atoms with Gasteiger partial charge in [0.15, 0.2) is 0 Å². The van der Waals surface area contributed by atoms with Gasteiger partial charge in [-0.25, -0.2) is 4.98 Å². The number of hydrogen-bond donors (Lipinski definition) is 0. The molecule has 0 aliphatic carbocycles. The fourth-order valence-corrected chi connectivity index (χ4v) is 4.29. The van der Waals surface area contributed by atoms with Crippen LogP contribution < -0.4 is 0 Å². The number of nitrogens with zero attached hydrogens (tertiary/aromatic N) is 4. The predicted molar refractivity (Wildman–Crippen MR) is 130 cm³/mol. The molecule has 0 radical (unpaired) electrons. The summed E-state index contributed by atoms with van der Waals surface area (Å²) in [4.78, 5) is 12.6. The van der Waals surface area contributed by atoms with Gasteiger partial charge in [-0.3, -0.25) is 4.98 Å². The first-order valence-corrected chi connectivity index (χ1v) is 11.8. The molecule has 0 unspecified atom stereocenters. The van der Waals surface area contributed by atoms with Crippen LogP contribution in [0.15, 0.2) is 90.3 Å². The second kappa shape index (κ2) is 10.4. The minimum absolute atomic E-state index is 0.923. The van der Waals surface area contributed by atoms with Crippen LogP contribution in [-0.4, -0.2) is 39.3 Å². The summed E-state index contributed by atoms with van der Waals surface area (Å²) in [7, 11) is 2.18. The molecule has 0 bridgehead atoms. The Bertz CT molecular complexity index is 1090. The van der Waals surface area contributed by atoms with Gasteiger partial charge in [0.05, 0.1) is 17.7 Å². The van der Waals surface area contributed by atoms with E-state index < -0.39 is 0 Å². The van der Waals surface area contributed by atoms with E-state index >= 15 is 0 Å². The van der Waals surface area contributed by atoms with Gasteiger partial charge in [-0.15, -0.1) is 11.8 Å². The van der Waals surface area contributed by atoms with Crippen LogP contribution in [0.5, 0.6) is 0 Å². The topological polar surface area (TPSA) is 34.0 Å². The Morgan fingerprint density at radius 2 is 1.74 bits per heavy atom. The third kappa shape index (κ3) is 5.43. The maximum atomic E-state index is 4.82. The minimum Gasteiger partial charge on any atom is -0.330 e. The lowest BCUT2D eigenvalue weighted by Crippen LogP contribution is -2.20. The molecule has 2 heterocycles. The van der Waals surface area contributed by atoms with Crippen molar-refractivity contribution in [1.29, 1.82) is 0 Å². The van der Waals surface area contributed by atoms with Crippen molar-refractivity contribution < 1.29 is 0 Å². The normalized spacial score (nSPS) is 11.2. The highest BCUT2D eigenvalue weighted by Crippen LogP contribution is 2.32. The van der Waals surface area contributed by atoms with E-state index in [1.54, 1.807) is 11.8 Å². The number of benzene rings is 2. The predicted octanol–water partition coefficient (Wildman–Crippen LogP) is 5.86. The number of aromatic nitrogens is 3. The van der Waals surface area contributed by atoms with Gasteiger partial charge in [-0.1, -0.05) is 42.5 Å². The highest BCUT2D eigenvalue weighted by molar-refractivity contribution is 7.98. The van der Waals surface area contributed by atoms with Gasteiger partial charge < -0.3 is 9.47 Å². The Balaban J connectivity index is 1.53. The first kappa shape index (κ1) is 21.3. The molecule has 0 amide bonds. The van der Waals surface area contributed by atoms with E-state index in [1.807, 2.05) is 18.7 Å². The molecule has 2 aromatic carbocycles. The highest BCUT2D eigenvalue weighted by Gasteiger charge is 2.15. The van der Waals surface area contributed by atoms with E-state index in [0.717, 1.165) is 48.6 Å². The van der Waals surface area contributed by atoms with Crippen LogP contribution in [0.1, 0.15) is 12.0 Å². The average molecular weight is 429 g/mol. The molecular formula is C26H28N4S. The van der Waals surface area contributed by atoms with Crippen LogP contribution in [0, 0.1) is 0 Å². The molecule has 4 rings (SSSR count). The lowest BCUT2D eigenvalue weighted by Gasteiger charge is -2.17. The zero-order valence-corrected chi connectivity index (χ0v) is 18.9. The molecule has 2 aromatic heterocycles. The fourth-order valence-electron chi connectivity index (χ4n) is 3.83. The van der Waals surface area contributed by atoms with E-state index in [4.69, 9.17) is 4.98 Å². The van der Waals surface area contributed by atoms with Crippen molar-refractivity contribution in [2.45, 2.75) is 24.4 Å². The smallest absolute Gasteiger partial charge is 0.0963 e. The molecule has 0 aliphatic rings. The van der Waals surface area contributed by atoms with Crippen molar-refractivity contribution in [2.75, 3.05) is 19.8 Å². The zero-order valence-electron chi connectivity index (χ0n) is 18.1. The van der Waals surface area contributed by atoms with Crippen molar-refractivity contribution in [3.8, 4) is 22.5 Å². The van der Waals surface area contributed by atoms with Gasteiger partial charge in [0.25, 0.3) is 0 Å². The van der Waals surface area contributed by atoms with Crippen LogP contribution in [0.4, 0.5) is 0 Å². The van der Waals surface area contributed by atoms with Gasteiger partial charge in [0, 0.05) is 41.5 Å². The van der Waals surface area contributed by atoms with Gasteiger partial charge in [0.2, 0.25) is 0 Å². The van der Waals surface area contributed by atoms with E-state index in [9.17, 15) is 0 Å². The molecular weight excluding hydrogens is 400 g/mol. The molecule has 5 heteroatoms. The van der Waals surface area contributed by atoms with Crippen LogP contribution in [0.25, 0.3) is 22.5 Å². The number of imidazole rings is 1. The third-order valence-electron chi connectivity index (χ3n) is 5.37. The Morgan fingerprint density at radius 1 is 0.935 bits per heavy atom. The Hall–Kier alpha value is -2.89. The lowest BCUT2D eigenvalue weighted by atomic mass is 10.1. The first-order chi connectivity index (χ1) is 15.2. The molecule has 0 saturated heterocycles. The minimum atomic E-state index is 0.923. The van der Waals surface area contributed by atoms with Crippen LogP contribution in [0.2, 0.25) is 0 Å². The van der Waals surface area contributed by atoms with Crippen LogP contribution in [0.3, 0.4) is 0 Å². The number of aryl methyl sites for hydroxylation is 1. The quantitative estimate of drug-likeness (QED) is 0.313. The van der Waals surface area contributed by atoms with Crippen molar-refractivity contribution in [3.63, 3.8) is 0 Å². The van der Waals surface area contributed by atoms with Crippen molar-refractivity contribution in [3.05, 3.63) is 91.0 Å². The van der Waals surface area contributed by atoms with Crippen LogP contribution >= 0.6 is 11.8 Å². The van der Waals surface area contributed by atoms with Gasteiger partial charge >= 0.3 is 0 Å². The SMILES string of the molecule is CSc1cccc(-c2ncn(CCCN(C)Cc3ccccc3)c2-c2ccncc2)c1. The monoisotopic (exact) mass is 428 g/mol. The van der Waals surface area contributed by atoms with Crippen LogP contribution in [-0.2, 0) is 13.1 Å². The van der Waals surface area contributed by atoms with E-state index in [-0.39, 0.29) is 0 Å². The molecule has 0 saturated carbocycles. The number of hydrogen-bond acceptors (Lipinski definition) is 4. The lowest BCUT2D eigenvalue weighted by molar-refractivity contribution is 0.314. The second-order valence-electron chi connectivity index (χ2n) is 7.68. The van der Waals surface area contributed by atoms with E-state index in [1.165, 1.54) is 10.5 Å². The Morgan fingerprint density at radius 3 is 2.52 bits per heavy atom. The summed E-state index contributed by atoms with van der Waals surface area (Å²) < 4.78 is 2.28. The largest absolute Gasteiger partial charge is 0.330 e. The van der Waals surface area contributed by atoms with Gasteiger partial charge in [-0.2, -0.15) is 0 Å². The molecule has 0 spiro atoms. The summed E-state index contributed by atoms with van der Waals surface area (Å²) in [5.41, 5.74) is 5.83. The number of pyridine rings is 1.